The molecule has 10 heteroatoms. The van der Waals surface area contributed by atoms with Crippen LogP contribution in [0.15, 0.2) is 76.9 Å². The topological polar surface area (TPSA) is 124 Å². The molecule has 38 heavy (non-hydrogen) atoms. The quantitative estimate of drug-likeness (QED) is 0.311. The van der Waals surface area contributed by atoms with Gasteiger partial charge in [-0.2, -0.15) is 0 Å². The van der Waals surface area contributed by atoms with Gasteiger partial charge in [0.15, 0.2) is 0 Å². The monoisotopic (exact) mass is 525 g/mol. The Morgan fingerprint density at radius 3 is 2.61 bits per heavy atom. The van der Waals surface area contributed by atoms with E-state index in [0.717, 1.165) is 16.3 Å². The van der Waals surface area contributed by atoms with Crippen LogP contribution < -0.4 is 5.73 Å². The molecule has 2 N–H and O–H groups in total. The van der Waals surface area contributed by atoms with Crippen molar-refractivity contribution in [1.29, 1.82) is 0 Å². The maximum absolute atomic E-state index is 13.5. The molecule has 2 aromatic carbocycles. The number of carbonyl (C=O) groups excluding carboxylic acids is 1. The fourth-order valence-corrected chi connectivity index (χ4v) is 4.93. The lowest BCUT2D eigenvalue weighted by atomic mass is 9.94. The van der Waals surface area contributed by atoms with E-state index >= 15 is 0 Å². The molecule has 1 atom stereocenters. The molecule has 3 aromatic heterocycles. The zero-order chi connectivity index (χ0) is 26.7. The summed E-state index contributed by atoms with van der Waals surface area (Å²) < 4.78 is 6.07. The van der Waals surface area contributed by atoms with E-state index < -0.39 is 5.54 Å². The lowest BCUT2D eigenvalue weighted by Crippen LogP contribution is -2.35. The van der Waals surface area contributed by atoms with Crippen LogP contribution in [-0.2, 0) is 18.5 Å². The Morgan fingerprint density at radius 2 is 1.89 bits per heavy atom. The first kappa shape index (κ1) is 25.4. The van der Waals surface area contributed by atoms with E-state index in [-0.39, 0.29) is 11.8 Å². The first-order valence-corrected chi connectivity index (χ1v) is 12.9. The van der Waals surface area contributed by atoms with Crippen molar-refractivity contribution >= 4 is 17.2 Å². The second-order valence-electron chi connectivity index (χ2n) is 9.43. The van der Waals surface area contributed by atoms with Crippen molar-refractivity contribution in [2.24, 2.45) is 5.73 Å². The van der Waals surface area contributed by atoms with Gasteiger partial charge in [-0.25, -0.2) is 4.98 Å². The summed E-state index contributed by atoms with van der Waals surface area (Å²) in [6, 6.07) is 15.3. The van der Waals surface area contributed by atoms with E-state index in [1.54, 1.807) is 42.7 Å². The minimum atomic E-state index is -0.875. The molecular weight excluding hydrogens is 498 g/mol. The zero-order valence-corrected chi connectivity index (χ0v) is 22.1. The molecule has 0 radical (unpaired) electrons. The fraction of sp³-hybridized carbons (Fsp3) is 0.214. The van der Waals surface area contributed by atoms with Crippen molar-refractivity contribution in [2.45, 2.75) is 32.4 Å². The molecule has 0 saturated heterocycles. The molecule has 1 unspecified atom stereocenters. The number of benzene rings is 2. The van der Waals surface area contributed by atoms with E-state index in [4.69, 9.17) is 10.2 Å². The number of rotatable bonds is 8. The zero-order valence-electron chi connectivity index (χ0n) is 21.3. The normalized spacial score (nSPS) is 12.7. The third-order valence-electron chi connectivity index (χ3n) is 6.00. The minimum absolute atomic E-state index is 0.169. The summed E-state index contributed by atoms with van der Waals surface area (Å²) in [5, 5.41) is 11.4. The Bertz CT molecular complexity index is 1550. The van der Waals surface area contributed by atoms with Gasteiger partial charge in [-0.3, -0.25) is 14.8 Å². The van der Waals surface area contributed by atoms with Crippen molar-refractivity contribution in [3.8, 4) is 22.7 Å². The Kier molecular flexibility index (Phi) is 7.08. The summed E-state index contributed by atoms with van der Waals surface area (Å²) in [5.41, 5.74) is 10.1. The van der Waals surface area contributed by atoms with Crippen LogP contribution in [-0.4, -0.2) is 43.0 Å². The second-order valence-corrected chi connectivity index (χ2v) is 10.4. The molecule has 0 aliphatic heterocycles. The molecule has 1 amide bonds. The van der Waals surface area contributed by atoms with Gasteiger partial charge >= 0.3 is 0 Å². The Balaban J connectivity index is 1.48. The summed E-state index contributed by atoms with van der Waals surface area (Å²) >= 11 is 1.53. The molecule has 0 bridgehead atoms. The predicted molar refractivity (Wildman–Crippen MR) is 145 cm³/mol. The lowest BCUT2D eigenvalue weighted by molar-refractivity contribution is 0.0785. The van der Waals surface area contributed by atoms with E-state index in [1.807, 2.05) is 55.6 Å². The van der Waals surface area contributed by atoms with Crippen LogP contribution >= 0.6 is 11.3 Å². The largest absolute Gasteiger partial charge is 0.419 e. The van der Waals surface area contributed by atoms with Crippen LogP contribution in [0.1, 0.15) is 39.4 Å². The average molecular weight is 526 g/mol. The summed E-state index contributed by atoms with van der Waals surface area (Å²) in [7, 11) is 1.75. The molecule has 0 aliphatic carbocycles. The molecule has 5 rings (SSSR count). The maximum atomic E-state index is 13.5. The summed E-state index contributed by atoms with van der Waals surface area (Å²) in [6.07, 6.45) is 5.38. The highest BCUT2D eigenvalue weighted by atomic mass is 32.1. The molecular formula is C28H27N7O2S. The van der Waals surface area contributed by atoms with E-state index in [2.05, 4.69) is 25.1 Å². The highest BCUT2D eigenvalue weighted by Gasteiger charge is 2.29. The smallest absolute Gasteiger partial charge is 0.254 e. The van der Waals surface area contributed by atoms with E-state index in [0.29, 0.717) is 41.2 Å². The van der Waals surface area contributed by atoms with Gasteiger partial charge in [0.1, 0.15) is 5.01 Å². The Morgan fingerprint density at radius 1 is 1.11 bits per heavy atom. The van der Waals surface area contributed by atoms with Crippen LogP contribution in [0.5, 0.6) is 0 Å². The lowest BCUT2D eigenvalue weighted by Gasteiger charge is -2.20. The number of aromatic nitrogens is 5. The van der Waals surface area contributed by atoms with E-state index in [1.165, 1.54) is 11.3 Å². The second kappa shape index (κ2) is 10.6. The van der Waals surface area contributed by atoms with Crippen molar-refractivity contribution in [3.63, 3.8) is 0 Å². The van der Waals surface area contributed by atoms with Crippen LogP contribution in [0.25, 0.3) is 22.7 Å². The van der Waals surface area contributed by atoms with Gasteiger partial charge in [0.05, 0.1) is 24.0 Å². The van der Waals surface area contributed by atoms with Gasteiger partial charge in [0.25, 0.3) is 5.91 Å². The molecule has 0 saturated carbocycles. The minimum Gasteiger partial charge on any atom is -0.419 e. The first-order chi connectivity index (χ1) is 18.3. The molecule has 0 spiro atoms. The van der Waals surface area contributed by atoms with Gasteiger partial charge in [-0.15, -0.1) is 21.5 Å². The number of aryl methyl sites for hydroxylation is 1. The highest BCUT2D eigenvalue weighted by molar-refractivity contribution is 7.09. The third kappa shape index (κ3) is 5.66. The van der Waals surface area contributed by atoms with Crippen molar-refractivity contribution in [3.05, 3.63) is 100 Å². The molecule has 9 nitrogen and oxygen atoms in total. The summed E-state index contributed by atoms with van der Waals surface area (Å²) in [6.45, 7) is 4.19. The third-order valence-corrected chi connectivity index (χ3v) is 6.95. The van der Waals surface area contributed by atoms with E-state index in [9.17, 15) is 4.79 Å². The number of thiazole rings is 1. The van der Waals surface area contributed by atoms with Gasteiger partial charge < -0.3 is 15.1 Å². The number of carbonyl (C=O) groups is 1. The van der Waals surface area contributed by atoms with Gasteiger partial charge in [-0.1, -0.05) is 30.3 Å². The van der Waals surface area contributed by atoms with Crippen molar-refractivity contribution in [2.75, 3.05) is 7.05 Å². The molecule has 0 fully saturated rings. The fourth-order valence-electron chi connectivity index (χ4n) is 4.11. The molecule has 3 heterocycles. The number of nitrogens with zero attached hydrogens (tertiary/aromatic N) is 6. The van der Waals surface area contributed by atoms with Gasteiger partial charge in [-0.05, 0) is 44.0 Å². The number of nitrogens with two attached hydrogens (primary N) is 1. The van der Waals surface area contributed by atoms with Crippen LogP contribution in [0, 0.1) is 6.92 Å². The average Bonchev–Trinajstić information content (AvgIpc) is 3.59. The number of hydrogen-bond acceptors (Lipinski definition) is 9. The van der Waals surface area contributed by atoms with Crippen LogP contribution in [0.4, 0.5) is 0 Å². The summed E-state index contributed by atoms with van der Waals surface area (Å²) in [4.78, 5) is 28.2. The number of amides is 1. The van der Waals surface area contributed by atoms with Crippen molar-refractivity contribution < 1.29 is 9.21 Å². The molecule has 192 valence electrons. The highest BCUT2D eigenvalue weighted by Crippen LogP contribution is 2.30. The van der Waals surface area contributed by atoms with Gasteiger partial charge in [0, 0.05) is 47.2 Å². The van der Waals surface area contributed by atoms with Crippen molar-refractivity contribution in [1.82, 2.24) is 30.0 Å². The Hall–Kier alpha value is -4.28. The first-order valence-electron chi connectivity index (χ1n) is 12.0. The Labute approximate surface area is 224 Å². The van der Waals surface area contributed by atoms with Crippen LogP contribution in [0.2, 0.25) is 0 Å². The molecule has 0 aliphatic rings. The number of hydrogen-bond donors (Lipinski definition) is 1. The summed E-state index contributed by atoms with van der Waals surface area (Å²) in [5.74, 6) is 0.408. The van der Waals surface area contributed by atoms with Crippen LogP contribution in [0.3, 0.4) is 0 Å². The predicted octanol–water partition coefficient (Wildman–Crippen LogP) is 4.65. The SMILES string of the molecule is Cc1csc(CN(C)C(=O)c2cc(-c3cnccn3)cc(-c3nnc(C(C)(N)Cc4ccccc4)o3)c2)n1. The molecule has 5 aromatic rings. The maximum Gasteiger partial charge on any atom is 0.254 e. The standard InChI is InChI=1S/C28H27N7O2S/c1-18-17-38-24(32-18)16-35(3)26(36)22-12-20(23-15-30-9-10-31-23)11-21(13-22)25-33-34-27(37-25)28(2,29)14-19-7-5-4-6-8-19/h4-13,15,17H,14,16,29H2,1-3H3. The van der Waals surface area contributed by atoms with Gasteiger partial charge in [0.2, 0.25) is 11.8 Å².